The van der Waals surface area contributed by atoms with Gasteiger partial charge in [-0.05, 0) is 53.8 Å². The van der Waals surface area contributed by atoms with E-state index in [1.807, 2.05) is 24.3 Å². The van der Waals surface area contributed by atoms with Gasteiger partial charge in [0, 0.05) is 18.7 Å². The number of ether oxygens (including phenoxy) is 2. The lowest BCUT2D eigenvalue weighted by molar-refractivity contribution is -0.137. The zero-order valence-corrected chi connectivity index (χ0v) is 20.4. The predicted molar refractivity (Wildman–Crippen MR) is 133 cm³/mol. The number of halogens is 3. The van der Waals surface area contributed by atoms with Gasteiger partial charge in [-0.1, -0.05) is 48.5 Å². The first-order valence-corrected chi connectivity index (χ1v) is 11.4. The Morgan fingerprint density at radius 3 is 2.11 bits per heavy atom. The quantitative estimate of drug-likeness (QED) is 0.338. The molecule has 0 aromatic heterocycles. The Kier molecular flexibility index (Phi) is 8.74. The number of aryl methyl sites for hydroxylation is 1. The van der Waals surface area contributed by atoms with Crippen molar-refractivity contribution < 1.29 is 27.4 Å². The first kappa shape index (κ1) is 26.8. The largest absolute Gasteiger partial charge is 0.493 e. The lowest BCUT2D eigenvalue weighted by Gasteiger charge is -2.26. The highest BCUT2D eigenvalue weighted by Gasteiger charge is 2.32. The van der Waals surface area contributed by atoms with Crippen LogP contribution in [0.3, 0.4) is 0 Å². The number of nitrogens with one attached hydrogen (secondary N) is 2. The molecule has 8 heteroatoms. The molecule has 190 valence electrons. The fraction of sp³-hybridized carbons (Fsp3) is 0.286. The minimum absolute atomic E-state index is 0.180. The summed E-state index contributed by atoms with van der Waals surface area (Å²) >= 11 is 0. The standard InChI is InChI=1S/C28H29F3N2O3/c1-33-27(34)25(19-7-5-4-6-8-19)26(32)22(20-12-16-23(35-2)24(17-20)36-3)15-11-18-9-13-21(14-10-18)28(29,30)31/h4-10,12-14,16-17,22,25,32H,11,15H2,1-3H3,(H,33,34)/t22?,25-/m0/s1. The Morgan fingerprint density at radius 1 is 0.917 bits per heavy atom. The highest BCUT2D eigenvalue weighted by Crippen LogP contribution is 2.36. The minimum Gasteiger partial charge on any atom is -0.493 e. The van der Waals surface area contributed by atoms with Crippen LogP contribution >= 0.6 is 0 Å². The SMILES string of the molecule is CNC(=O)[C@H](C(=N)C(CCc1ccc(C(F)(F)F)cc1)c1ccc(OC)c(OC)c1)c1ccccc1. The second kappa shape index (κ2) is 11.7. The molecule has 0 fully saturated rings. The molecule has 0 aliphatic carbocycles. The average molecular weight is 499 g/mol. The zero-order valence-electron chi connectivity index (χ0n) is 20.4. The van der Waals surface area contributed by atoms with Crippen molar-refractivity contribution in [2.24, 2.45) is 0 Å². The number of hydrogen-bond acceptors (Lipinski definition) is 4. The van der Waals surface area contributed by atoms with Crippen LogP contribution in [0.25, 0.3) is 0 Å². The molecule has 2 N–H and O–H groups in total. The monoisotopic (exact) mass is 498 g/mol. The number of carbonyl (C=O) groups excluding carboxylic acids is 1. The number of likely N-dealkylation sites (N-methyl/N-ethyl adjacent to an activating group) is 1. The third kappa shape index (κ3) is 6.24. The number of alkyl halides is 3. The molecule has 0 saturated carbocycles. The summed E-state index contributed by atoms with van der Waals surface area (Å²) in [5.41, 5.74) is 1.60. The van der Waals surface area contributed by atoms with E-state index in [2.05, 4.69) is 5.32 Å². The average Bonchev–Trinajstić information content (AvgIpc) is 2.89. The summed E-state index contributed by atoms with van der Waals surface area (Å²) in [6.07, 6.45) is -3.59. The van der Waals surface area contributed by atoms with Crippen LogP contribution in [0.2, 0.25) is 0 Å². The molecule has 3 aromatic carbocycles. The molecule has 1 unspecified atom stereocenters. The third-order valence-electron chi connectivity index (χ3n) is 6.14. The van der Waals surface area contributed by atoms with Gasteiger partial charge in [0.05, 0.1) is 19.8 Å². The Labute approximate surface area is 208 Å². The maximum Gasteiger partial charge on any atom is 0.416 e. The highest BCUT2D eigenvalue weighted by atomic mass is 19.4. The van der Waals surface area contributed by atoms with Crippen LogP contribution in [0.5, 0.6) is 11.5 Å². The van der Waals surface area contributed by atoms with Crippen molar-refractivity contribution in [1.82, 2.24) is 5.32 Å². The van der Waals surface area contributed by atoms with Gasteiger partial charge in [0.25, 0.3) is 0 Å². The summed E-state index contributed by atoms with van der Waals surface area (Å²) in [6.45, 7) is 0. The molecule has 0 aliphatic rings. The Morgan fingerprint density at radius 2 is 1.56 bits per heavy atom. The summed E-state index contributed by atoms with van der Waals surface area (Å²) in [4.78, 5) is 12.9. The van der Waals surface area contributed by atoms with Crippen molar-refractivity contribution in [1.29, 1.82) is 5.41 Å². The van der Waals surface area contributed by atoms with Crippen LogP contribution < -0.4 is 14.8 Å². The molecule has 5 nitrogen and oxygen atoms in total. The van der Waals surface area contributed by atoms with Crippen LogP contribution in [0.15, 0.2) is 72.8 Å². The topological polar surface area (TPSA) is 71.4 Å². The second-order valence-electron chi connectivity index (χ2n) is 8.31. The van der Waals surface area contributed by atoms with E-state index in [1.54, 1.807) is 24.3 Å². The minimum atomic E-state index is -4.40. The van der Waals surface area contributed by atoms with Crippen molar-refractivity contribution in [3.05, 3.63) is 95.1 Å². The maximum atomic E-state index is 13.0. The number of benzene rings is 3. The van der Waals surface area contributed by atoms with Gasteiger partial charge >= 0.3 is 6.18 Å². The van der Waals surface area contributed by atoms with Gasteiger partial charge in [-0.15, -0.1) is 0 Å². The summed E-state index contributed by atoms with van der Waals surface area (Å²) in [6, 6.07) is 19.4. The van der Waals surface area contributed by atoms with E-state index in [1.165, 1.54) is 33.4 Å². The van der Waals surface area contributed by atoms with Crippen molar-refractivity contribution in [3.8, 4) is 11.5 Å². The zero-order chi connectivity index (χ0) is 26.3. The lowest BCUT2D eigenvalue weighted by atomic mass is 9.79. The van der Waals surface area contributed by atoms with Gasteiger partial charge < -0.3 is 20.2 Å². The highest BCUT2D eigenvalue weighted by molar-refractivity contribution is 6.10. The number of hydrogen-bond donors (Lipinski definition) is 2. The van der Waals surface area contributed by atoms with Crippen molar-refractivity contribution in [2.75, 3.05) is 21.3 Å². The Bertz CT molecular complexity index is 1180. The molecular weight excluding hydrogens is 469 g/mol. The molecule has 36 heavy (non-hydrogen) atoms. The van der Waals surface area contributed by atoms with Crippen molar-refractivity contribution in [3.63, 3.8) is 0 Å². The van der Waals surface area contributed by atoms with Gasteiger partial charge in [-0.3, -0.25) is 4.79 Å². The molecule has 0 radical (unpaired) electrons. The molecule has 0 spiro atoms. The number of carbonyl (C=O) groups is 1. The van der Waals surface area contributed by atoms with E-state index in [4.69, 9.17) is 14.9 Å². The molecule has 0 saturated heterocycles. The second-order valence-corrected chi connectivity index (χ2v) is 8.31. The number of rotatable bonds is 10. The molecule has 0 heterocycles. The van der Waals surface area contributed by atoms with Crippen LogP contribution in [-0.2, 0) is 17.4 Å². The van der Waals surface area contributed by atoms with Crippen LogP contribution in [0.4, 0.5) is 13.2 Å². The fourth-order valence-electron chi connectivity index (χ4n) is 4.21. The lowest BCUT2D eigenvalue weighted by Crippen LogP contribution is -2.34. The van der Waals surface area contributed by atoms with Gasteiger partial charge in [-0.25, -0.2) is 0 Å². The Balaban J connectivity index is 1.99. The summed E-state index contributed by atoms with van der Waals surface area (Å²) in [7, 11) is 4.57. The number of methoxy groups -OCH3 is 2. The van der Waals surface area contributed by atoms with E-state index >= 15 is 0 Å². The van der Waals surface area contributed by atoms with Gasteiger partial charge in [0.2, 0.25) is 5.91 Å². The van der Waals surface area contributed by atoms with Gasteiger partial charge in [0.1, 0.15) is 5.92 Å². The maximum absolute atomic E-state index is 13.0. The van der Waals surface area contributed by atoms with Gasteiger partial charge in [0.15, 0.2) is 11.5 Å². The molecule has 2 atom stereocenters. The molecule has 3 aromatic rings. The van der Waals surface area contributed by atoms with E-state index in [0.717, 1.165) is 17.7 Å². The van der Waals surface area contributed by atoms with Crippen molar-refractivity contribution in [2.45, 2.75) is 30.9 Å². The first-order valence-electron chi connectivity index (χ1n) is 11.4. The normalized spacial score (nSPS) is 12.9. The molecule has 3 rings (SSSR count). The van der Waals surface area contributed by atoms with E-state index in [9.17, 15) is 18.0 Å². The predicted octanol–water partition coefficient (Wildman–Crippen LogP) is 5.99. The van der Waals surface area contributed by atoms with E-state index < -0.39 is 23.6 Å². The van der Waals surface area contributed by atoms with Crippen molar-refractivity contribution >= 4 is 11.6 Å². The third-order valence-corrected chi connectivity index (χ3v) is 6.14. The molecule has 0 aliphatic heterocycles. The summed E-state index contributed by atoms with van der Waals surface area (Å²) in [5, 5.41) is 11.8. The molecule has 1 amide bonds. The van der Waals surface area contributed by atoms with Crippen LogP contribution in [-0.4, -0.2) is 32.9 Å². The summed E-state index contributed by atoms with van der Waals surface area (Å²) in [5.74, 6) is -0.638. The van der Waals surface area contributed by atoms with Crippen LogP contribution in [0, 0.1) is 5.41 Å². The van der Waals surface area contributed by atoms with E-state index in [-0.39, 0.29) is 11.6 Å². The fourth-order valence-corrected chi connectivity index (χ4v) is 4.21. The summed E-state index contributed by atoms with van der Waals surface area (Å²) < 4.78 is 49.7. The van der Waals surface area contributed by atoms with E-state index in [0.29, 0.717) is 35.5 Å². The first-order chi connectivity index (χ1) is 17.2. The Hall–Kier alpha value is -3.81. The number of amides is 1. The van der Waals surface area contributed by atoms with Gasteiger partial charge in [-0.2, -0.15) is 13.2 Å². The molecular formula is C28H29F3N2O3. The smallest absolute Gasteiger partial charge is 0.416 e. The molecule has 0 bridgehead atoms. The van der Waals surface area contributed by atoms with Crippen LogP contribution in [0.1, 0.15) is 40.5 Å².